The molecule has 0 aromatic carbocycles. The number of piperidine rings is 1. The Balaban J connectivity index is 1.47. The lowest BCUT2D eigenvalue weighted by atomic mass is 9.89. The minimum atomic E-state index is -0.108. The molecule has 1 aliphatic carbocycles. The second-order valence-corrected chi connectivity index (χ2v) is 8.63. The van der Waals surface area contributed by atoms with Crippen LogP contribution in [0.5, 0.6) is 0 Å². The van der Waals surface area contributed by atoms with Gasteiger partial charge in [0.1, 0.15) is 0 Å². The van der Waals surface area contributed by atoms with Gasteiger partial charge in [0.25, 0.3) is 0 Å². The van der Waals surface area contributed by atoms with Gasteiger partial charge in [-0.1, -0.05) is 33.6 Å². The lowest BCUT2D eigenvalue weighted by molar-refractivity contribution is 0.00713. The number of rotatable bonds is 4. The summed E-state index contributed by atoms with van der Waals surface area (Å²) < 4.78 is 0. The maximum Gasteiger partial charge on any atom is 0.0695 e. The highest BCUT2D eigenvalue weighted by Gasteiger charge is 2.31. The molecule has 2 heterocycles. The van der Waals surface area contributed by atoms with Gasteiger partial charge in [0.05, 0.1) is 12.3 Å². The zero-order valence-electron chi connectivity index (χ0n) is 15.5. The summed E-state index contributed by atoms with van der Waals surface area (Å²) in [4.78, 5) is 2.53. The number of aliphatic hydroxyl groups excluding tert-OH is 1. The summed E-state index contributed by atoms with van der Waals surface area (Å²) in [5.41, 5.74) is 2.62. The molecule has 2 atom stereocenters. The normalized spacial score (nSPS) is 27.5. The van der Waals surface area contributed by atoms with Gasteiger partial charge in [-0.05, 0) is 25.7 Å². The van der Waals surface area contributed by atoms with Gasteiger partial charge < -0.3 is 10.4 Å². The molecule has 3 N–H and O–H groups in total. The van der Waals surface area contributed by atoms with Crippen LogP contribution < -0.4 is 5.32 Å². The van der Waals surface area contributed by atoms with Gasteiger partial charge in [0, 0.05) is 48.4 Å². The van der Waals surface area contributed by atoms with E-state index in [1.165, 1.54) is 43.4 Å². The first kappa shape index (κ1) is 17.9. The molecule has 1 aromatic heterocycles. The number of likely N-dealkylation sites (tertiary alicyclic amines) is 1. The van der Waals surface area contributed by atoms with Crippen molar-refractivity contribution in [2.45, 2.75) is 89.4 Å². The summed E-state index contributed by atoms with van der Waals surface area (Å²) in [7, 11) is 0. The van der Waals surface area contributed by atoms with Gasteiger partial charge in [0.2, 0.25) is 0 Å². The van der Waals surface area contributed by atoms with Crippen molar-refractivity contribution in [2.24, 2.45) is 0 Å². The maximum atomic E-state index is 10.3. The number of aromatic amines is 1. The molecule has 0 spiro atoms. The molecule has 1 aliphatic heterocycles. The highest BCUT2D eigenvalue weighted by atomic mass is 16.3. The van der Waals surface area contributed by atoms with E-state index in [0.29, 0.717) is 12.1 Å². The van der Waals surface area contributed by atoms with Crippen LogP contribution in [0.3, 0.4) is 0 Å². The molecule has 1 saturated heterocycles. The Morgan fingerprint density at radius 1 is 1.21 bits per heavy atom. The van der Waals surface area contributed by atoms with E-state index in [2.05, 4.69) is 41.2 Å². The molecule has 5 heteroatoms. The van der Waals surface area contributed by atoms with Crippen molar-refractivity contribution in [2.75, 3.05) is 13.1 Å². The second kappa shape index (κ2) is 7.54. The smallest absolute Gasteiger partial charge is 0.0695 e. The van der Waals surface area contributed by atoms with Crippen molar-refractivity contribution >= 4 is 0 Å². The third kappa shape index (κ3) is 4.19. The predicted molar refractivity (Wildman–Crippen MR) is 97.0 cm³/mol. The molecule has 136 valence electrons. The number of hydrogen-bond donors (Lipinski definition) is 3. The molecule has 2 fully saturated rings. The summed E-state index contributed by atoms with van der Waals surface area (Å²) >= 11 is 0. The molecular formula is C19H34N4O. The Morgan fingerprint density at radius 2 is 1.92 bits per heavy atom. The van der Waals surface area contributed by atoms with Gasteiger partial charge in [-0.25, -0.2) is 0 Å². The zero-order chi connectivity index (χ0) is 17.2. The fourth-order valence-electron chi connectivity index (χ4n) is 4.30. The average Bonchev–Trinajstić information content (AvgIpc) is 3.03. The van der Waals surface area contributed by atoms with Gasteiger partial charge in [-0.3, -0.25) is 10.00 Å². The van der Waals surface area contributed by atoms with E-state index in [1.807, 2.05) is 6.20 Å². The van der Waals surface area contributed by atoms with Gasteiger partial charge in [-0.2, -0.15) is 5.10 Å². The number of H-pyrrole nitrogens is 1. The Labute approximate surface area is 146 Å². The van der Waals surface area contributed by atoms with Crippen LogP contribution in [-0.2, 0) is 12.0 Å². The van der Waals surface area contributed by atoms with Crippen molar-refractivity contribution < 1.29 is 5.11 Å². The zero-order valence-corrected chi connectivity index (χ0v) is 15.5. The Bertz CT molecular complexity index is 514. The van der Waals surface area contributed by atoms with E-state index in [-0.39, 0.29) is 11.5 Å². The van der Waals surface area contributed by atoms with Crippen LogP contribution in [0, 0.1) is 0 Å². The molecule has 2 unspecified atom stereocenters. The third-order valence-electron chi connectivity index (χ3n) is 5.74. The molecule has 5 nitrogen and oxygen atoms in total. The minimum absolute atomic E-state index is 0.105. The molecule has 0 radical (unpaired) electrons. The average molecular weight is 335 g/mol. The minimum Gasteiger partial charge on any atom is -0.391 e. The Hall–Kier alpha value is -0.910. The van der Waals surface area contributed by atoms with E-state index >= 15 is 0 Å². The highest BCUT2D eigenvalue weighted by Crippen LogP contribution is 2.26. The summed E-state index contributed by atoms with van der Waals surface area (Å²) in [6, 6.07) is 0.978. The van der Waals surface area contributed by atoms with E-state index in [4.69, 9.17) is 0 Å². The van der Waals surface area contributed by atoms with E-state index in [1.54, 1.807) is 0 Å². The Morgan fingerprint density at radius 3 is 2.58 bits per heavy atom. The molecule has 0 bridgehead atoms. The van der Waals surface area contributed by atoms with Gasteiger partial charge >= 0.3 is 0 Å². The third-order valence-corrected chi connectivity index (χ3v) is 5.74. The predicted octanol–water partition coefficient (Wildman–Crippen LogP) is 2.56. The van der Waals surface area contributed by atoms with Crippen LogP contribution in [0.1, 0.15) is 70.6 Å². The summed E-state index contributed by atoms with van der Waals surface area (Å²) in [5, 5.41) is 21.4. The first-order valence-electron chi connectivity index (χ1n) is 9.63. The molecule has 1 saturated carbocycles. The van der Waals surface area contributed by atoms with Crippen LogP contribution in [-0.4, -0.2) is 51.5 Å². The molecule has 3 rings (SSSR count). The van der Waals surface area contributed by atoms with Crippen molar-refractivity contribution in [3.63, 3.8) is 0 Å². The number of aliphatic hydroxyl groups is 1. The monoisotopic (exact) mass is 334 g/mol. The van der Waals surface area contributed by atoms with Gasteiger partial charge in [-0.15, -0.1) is 0 Å². The van der Waals surface area contributed by atoms with Crippen LogP contribution in [0.25, 0.3) is 0 Å². The number of aromatic nitrogens is 2. The number of nitrogens with one attached hydrogen (secondary N) is 2. The van der Waals surface area contributed by atoms with Crippen molar-refractivity contribution in [3.05, 3.63) is 17.5 Å². The highest BCUT2D eigenvalue weighted by molar-refractivity contribution is 5.23. The van der Waals surface area contributed by atoms with E-state index in [0.717, 1.165) is 26.1 Å². The van der Waals surface area contributed by atoms with Crippen LogP contribution in [0.2, 0.25) is 0 Å². The molecule has 24 heavy (non-hydrogen) atoms. The molecular weight excluding hydrogens is 300 g/mol. The topological polar surface area (TPSA) is 64.2 Å². The Kier molecular flexibility index (Phi) is 5.63. The van der Waals surface area contributed by atoms with Crippen LogP contribution in [0.4, 0.5) is 0 Å². The van der Waals surface area contributed by atoms with Crippen LogP contribution >= 0.6 is 0 Å². The lowest BCUT2D eigenvalue weighted by Gasteiger charge is -2.41. The van der Waals surface area contributed by atoms with Gasteiger partial charge in [0.15, 0.2) is 0 Å². The quantitative estimate of drug-likeness (QED) is 0.792. The lowest BCUT2D eigenvalue weighted by Crippen LogP contribution is -2.51. The molecule has 0 amide bonds. The summed E-state index contributed by atoms with van der Waals surface area (Å²) in [5.74, 6) is 0. The number of hydrogen-bond acceptors (Lipinski definition) is 4. The van der Waals surface area contributed by atoms with Crippen molar-refractivity contribution in [1.29, 1.82) is 0 Å². The fourth-order valence-corrected chi connectivity index (χ4v) is 4.30. The van der Waals surface area contributed by atoms with E-state index < -0.39 is 0 Å². The fraction of sp³-hybridized carbons (Fsp3) is 0.842. The number of nitrogens with zero attached hydrogens (tertiary/aromatic N) is 2. The largest absolute Gasteiger partial charge is 0.391 e. The summed E-state index contributed by atoms with van der Waals surface area (Å²) in [6.07, 6.45) is 8.82. The van der Waals surface area contributed by atoms with E-state index in [9.17, 15) is 5.11 Å². The standard InChI is InChI=1S/C19H34N4O/c1-19(2,3)18-14(13-21-22-18)12-20-15-8-10-23(11-9-15)16-6-4-5-7-17(16)24/h13,15-17,20,24H,4-12H2,1-3H3,(H,21,22). The second-order valence-electron chi connectivity index (χ2n) is 8.63. The van der Waals surface area contributed by atoms with Crippen molar-refractivity contribution in [1.82, 2.24) is 20.4 Å². The molecule has 2 aliphatic rings. The first-order valence-corrected chi connectivity index (χ1v) is 9.63. The van der Waals surface area contributed by atoms with Crippen LogP contribution in [0.15, 0.2) is 6.20 Å². The SMILES string of the molecule is CC(C)(C)c1[nH]ncc1CNC1CCN(C2CCCCC2O)CC1. The summed E-state index contributed by atoms with van der Waals surface area (Å²) in [6.45, 7) is 9.77. The van der Waals surface area contributed by atoms with Crippen molar-refractivity contribution in [3.8, 4) is 0 Å². The molecule has 1 aromatic rings. The maximum absolute atomic E-state index is 10.3. The first-order chi connectivity index (χ1) is 11.4.